The van der Waals surface area contributed by atoms with Crippen molar-refractivity contribution in [3.05, 3.63) is 53.9 Å². The quantitative estimate of drug-likeness (QED) is 0.639. The molecule has 1 atom stereocenters. The van der Waals surface area contributed by atoms with E-state index >= 15 is 0 Å². The van der Waals surface area contributed by atoms with Gasteiger partial charge >= 0.3 is 6.03 Å². The molecule has 0 spiro atoms. The first-order valence-electron chi connectivity index (χ1n) is 8.04. The molecule has 3 rings (SSSR count). The van der Waals surface area contributed by atoms with Crippen LogP contribution in [-0.2, 0) is 22.7 Å². The number of rotatable bonds is 7. The van der Waals surface area contributed by atoms with Crippen molar-refractivity contribution in [3.63, 3.8) is 0 Å². The Labute approximate surface area is 144 Å². The number of carbonyl (C=O) groups is 3. The van der Waals surface area contributed by atoms with Crippen LogP contribution in [0.25, 0.3) is 0 Å². The Balaban J connectivity index is 1.50. The first kappa shape index (κ1) is 16.7. The molecule has 0 radical (unpaired) electrons. The number of carbonyl (C=O) groups excluding carboxylic acids is 3. The molecular formula is C17H19N5O3. The van der Waals surface area contributed by atoms with Gasteiger partial charge in [0.05, 0.1) is 6.54 Å². The maximum Gasteiger partial charge on any atom is 0.322 e. The van der Waals surface area contributed by atoms with Crippen LogP contribution in [-0.4, -0.2) is 33.7 Å². The Bertz CT molecular complexity index is 772. The fourth-order valence-corrected chi connectivity index (χ4v) is 2.67. The average Bonchev–Trinajstić information content (AvgIpc) is 3.21. The summed E-state index contributed by atoms with van der Waals surface area (Å²) >= 11 is 0. The Morgan fingerprint density at radius 2 is 2.00 bits per heavy atom. The lowest BCUT2D eigenvalue weighted by Gasteiger charge is -2.12. The second-order valence-corrected chi connectivity index (χ2v) is 5.80. The summed E-state index contributed by atoms with van der Waals surface area (Å²) in [5.41, 5.74) is 2.09. The molecule has 0 saturated carbocycles. The highest BCUT2D eigenvalue weighted by Gasteiger charge is 2.29. The van der Waals surface area contributed by atoms with E-state index < -0.39 is 12.1 Å². The fraction of sp³-hybridized carbons (Fsp3) is 0.294. The van der Waals surface area contributed by atoms with Crippen molar-refractivity contribution >= 4 is 17.8 Å². The maximum absolute atomic E-state index is 12.0. The summed E-state index contributed by atoms with van der Waals surface area (Å²) in [4.78, 5) is 34.5. The fourth-order valence-electron chi connectivity index (χ4n) is 2.67. The largest absolute Gasteiger partial charge is 0.352 e. The molecule has 8 nitrogen and oxygen atoms in total. The van der Waals surface area contributed by atoms with Crippen molar-refractivity contribution in [2.45, 2.75) is 32.0 Å². The number of amides is 4. The first-order valence-corrected chi connectivity index (χ1v) is 8.04. The van der Waals surface area contributed by atoms with E-state index in [4.69, 9.17) is 0 Å². The predicted molar refractivity (Wildman–Crippen MR) is 89.3 cm³/mol. The van der Waals surface area contributed by atoms with E-state index in [9.17, 15) is 14.4 Å². The van der Waals surface area contributed by atoms with Gasteiger partial charge in [0, 0.05) is 25.4 Å². The van der Waals surface area contributed by atoms with E-state index in [-0.39, 0.29) is 24.7 Å². The van der Waals surface area contributed by atoms with Gasteiger partial charge in [0.15, 0.2) is 0 Å². The second-order valence-electron chi connectivity index (χ2n) is 5.80. The Morgan fingerprint density at radius 3 is 2.68 bits per heavy atom. The molecule has 2 heterocycles. The molecular weight excluding hydrogens is 322 g/mol. The summed E-state index contributed by atoms with van der Waals surface area (Å²) < 4.78 is 1.82. The maximum atomic E-state index is 12.0. The van der Waals surface area contributed by atoms with Crippen LogP contribution in [0.3, 0.4) is 0 Å². The van der Waals surface area contributed by atoms with E-state index in [0.717, 1.165) is 11.1 Å². The molecule has 1 fully saturated rings. The van der Waals surface area contributed by atoms with Gasteiger partial charge in [-0.3, -0.25) is 19.6 Å². The molecule has 0 unspecified atom stereocenters. The Kier molecular flexibility index (Phi) is 5.08. The van der Waals surface area contributed by atoms with Gasteiger partial charge in [-0.25, -0.2) is 4.79 Å². The van der Waals surface area contributed by atoms with Gasteiger partial charge in [-0.15, -0.1) is 0 Å². The minimum Gasteiger partial charge on any atom is -0.352 e. The zero-order chi connectivity index (χ0) is 17.6. The molecule has 1 aromatic carbocycles. The lowest BCUT2D eigenvalue weighted by molar-refractivity contribution is -0.122. The standard InChI is InChI=1S/C17H19N5O3/c23-15(7-6-14-16(24)21-17(25)20-14)18-10-12-4-1-2-5-13(12)11-22-9-3-8-19-22/h1-5,8-9,14H,6-7,10-11H2,(H,18,23)(H2,20,21,24,25)/t14-/m1/s1. The summed E-state index contributed by atoms with van der Waals surface area (Å²) in [5, 5.41) is 11.7. The van der Waals surface area contributed by atoms with Gasteiger partial charge in [0.1, 0.15) is 6.04 Å². The number of hydrogen-bond donors (Lipinski definition) is 3. The first-order chi connectivity index (χ1) is 12.1. The third-order valence-electron chi connectivity index (χ3n) is 4.00. The van der Waals surface area contributed by atoms with E-state index in [0.29, 0.717) is 13.1 Å². The normalized spacial score (nSPS) is 16.4. The molecule has 0 aliphatic carbocycles. The number of benzene rings is 1. The third-order valence-corrected chi connectivity index (χ3v) is 4.00. The zero-order valence-electron chi connectivity index (χ0n) is 13.6. The SMILES string of the molecule is O=C(CC[C@H]1NC(=O)NC1=O)NCc1ccccc1Cn1cccn1. The van der Waals surface area contributed by atoms with Crippen LogP contribution in [0.4, 0.5) is 4.79 Å². The number of urea groups is 1. The summed E-state index contributed by atoms with van der Waals surface area (Å²) in [6.45, 7) is 1.03. The number of hydrogen-bond acceptors (Lipinski definition) is 4. The van der Waals surface area contributed by atoms with Crippen molar-refractivity contribution in [2.24, 2.45) is 0 Å². The van der Waals surface area contributed by atoms with Gasteiger partial charge in [-0.1, -0.05) is 24.3 Å². The van der Waals surface area contributed by atoms with Crippen molar-refractivity contribution < 1.29 is 14.4 Å². The van der Waals surface area contributed by atoms with Crippen molar-refractivity contribution in [1.82, 2.24) is 25.7 Å². The smallest absolute Gasteiger partial charge is 0.322 e. The summed E-state index contributed by atoms with van der Waals surface area (Å²) in [6, 6.07) is 8.55. The molecule has 3 N–H and O–H groups in total. The molecule has 0 bridgehead atoms. The average molecular weight is 341 g/mol. The number of aromatic nitrogens is 2. The molecule has 4 amide bonds. The minimum atomic E-state index is -0.634. The van der Waals surface area contributed by atoms with Crippen molar-refractivity contribution in [3.8, 4) is 0 Å². The van der Waals surface area contributed by atoms with Crippen LogP contribution in [0, 0.1) is 0 Å². The van der Waals surface area contributed by atoms with Crippen LogP contribution < -0.4 is 16.0 Å². The van der Waals surface area contributed by atoms with E-state index in [2.05, 4.69) is 21.0 Å². The molecule has 25 heavy (non-hydrogen) atoms. The van der Waals surface area contributed by atoms with Gasteiger partial charge in [0.2, 0.25) is 5.91 Å². The van der Waals surface area contributed by atoms with E-state index in [1.54, 1.807) is 6.20 Å². The molecule has 1 aromatic heterocycles. The molecule has 1 aliphatic heterocycles. The molecule has 2 aromatic rings. The van der Waals surface area contributed by atoms with Crippen LogP contribution in [0.5, 0.6) is 0 Å². The van der Waals surface area contributed by atoms with Gasteiger partial charge in [-0.05, 0) is 23.6 Å². The Hall–Kier alpha value is -3.16. The zero-order valence-corrected chi connectivity index (χ0v) is 13.6. The molecule has 1 saturated heterocycles. The summed E-state index contributed by atoms with van der Waals surface area (Å²) in [6.07, 6.45) is 4.05. The monoisotopic (exact) mass is 341 g/mol. The highest BCUT2D eigenvalue weighted by molar-refractivity contribution is 6.04. The van der Waals surface area contributed by atoms with Crippen molar-refractivity contribution in [2.75, 3.05) is 0 Å². The highest BCUT2D eigenvalue weighted by Crippen LogP contribution is 2.10. The van der Waals surface area contributed by atoms with E-state index in [1.807, 2.05) is 41.2 Å². The highest BCUT2D eigenvalue weighted by atomic mass is 16.2. The lowest BCUT2D eigenvalue weighted by Crippen LogP contribution is -2.31. The molecule has 130 valence electrons. The van der Waals surface area contributed by atoms with Gasteiger partial charge in [-0.2, -0.15) is 5.10 Å². The number of nitrogens with one attached hydrogen (secondary N) is 3. The number of imide groups is 1. The predicted octanol–water partition coefficient (Wildman–Crippen LogP) is 0.536. The second kappa shape index (κ2) is 7.61. The summed E-state index contributed by atoms with van der Waals surface area (Å²) in [7, 11) is 0. The van der Waals surface area contributed by atoms with Gasteiger partial charge < -0.3 is 10.6 Å². The van der Waals surface area contributed by atoms with Crippen LogP contribution in [0.2, 0.25) is 0 Å². The van der Waals surface area contributed by atoms with Crippen LogP contribution in [0.1, 0.15) is 24.0 Å². The van der Waals surface area contributed by atoms with Crippen LogP contribution in [0.15, 0.2) is 42.7 Å². The Morgan fingerprint density at radius 1 is 1.20 bits per heavy atom. The van der Waals surface area contributed by atoms with Crippen molar-refractivity contribution in [1.29, 1.82) is 0 Å². The summed E-state index contributed by atoms with van der Waals surface area (Å²) in [5.74, 6) is -0.551. The van der Waals surface area contributed by atoms with E-state index in [1.165, 1.54) is 0 Å². The third kappa shape index (κ3) is 4.43. The lowest BCUT2D eigenvalue weighted by atomic mass is 10.1. The molecule has 8 heteroatoms. The van der Waals surface area contributed by atoms with Crippen LogP contribution >= 0.6 is 0 Å². The molecule has 1 aliphatic rings. The minimum absolute atomic E-state index is 0.164. The topological polar surface area (TPSA) is 105 Å². The number of nitrogens with zero attached hydrogens (tertiary/aromatic N) is 2. The van der Waals surface area contributed by atoms with Gasteiger partial charge in [0.25, 0.3) is 5.91 Å².